The first kappa shape index (κ1) is 18.2. The van der Waals surface area contributed by atoms with E-state index in [1.807, 2.05) is 0 Å². The third-order valence-corrected chi connectivity index (χ3v) is 4.12. The van der Waals surface area contributed by atoms with E-state index in [9.17, 15) is 13.2 Å². The van der Waals surface area contributed by atoms with Crippen molar-refractivity contribution in [1.82, 2.24) is 14.3 Å². The first-order valence-corrected chi connectivity index (χ1v) is 8.00. The average Bonchev–Trinajstić information content (AvgIpc) is 2.50. The van der Waals surface area contributed by atoms with Crippen molar-refractivity contribution in [3.63, 3.8) is 0 Å². The van der Waals surface area contributed by atoms with E-state index in [-0.39, 0.29) is 19.7 Å². The molecule has 0 aliphatic carbocycles. The Kier molecular flexibility index (Phi) is 7.09. The Hall–Kier alpha value is -1.84. The zero-order valence-corrected chi connectivity index (χ0v) is 13.6. The normalized spacial score (nSPS) is 11.3. The molecule has 0 atom stereocenters. The topological polar surface area (TPSA) is 97.0 Å². The third kappa shape index (κ3) is 6.29. The van der Waals surface area contributed by atoms with Gasteiger partial charge in [0.05, 0.1) is 20.2 Å². The molecule has 124 valence electrons. The van der Waals surface area contributed by atoms with E-state index in [0.29, 0.717) is 5.75 Å². The fraction of sp³-hybridized carbons (Fsp3) is 0.462. The van der Waals surface area contributed by atoms with Gasteiger partial charge in [-0.15, -0.1) is 0 Å². The van der Waals surface area contributed by atoms with Crippen LogP contribution in [-0.4, -0.2) is 59.5 Å². The Morgan fingerprint density at radius 2 is 1.77 bits per heavy atom. The summed E-state index contributed by atoms with van der Waals surface area (Å²) in [4.78, 5) is 11.5. The molecule has 0 saturated carbocycles. The Bertz CT molecular complexity index is 572. The van der Waals surface area contributed by atoms with Gasteiger partial charge in [0, 0.05) is 14.1 Å². The van der Waals surface area contributed by atoms with Crippen LogP contribution in [-0.2, 0) is 15.0 Å². The van der Waals surface area contributed by atoms with Crippen LogP contribution in [0.2, 0.25) is 0 Å². The molecule has 0 radical (unpaired) electrons. The molecule has 2 N–H and O–H groups in total. The minimum absolute atomic E-state index is 0.272. The highest BCUT2D eigenvalue weighted by Crippen LogP contribution is 2.16. The SMILES string of the molecule is COc1ccc(OCCNC(=O)CNS(=O)(=O)N(C)C)cc1. The van der Waals surface area contributed by atoms with Gasteiger partial charge in [-0.3, -0.25) is 4.79 Å². The maximum Gasteiger partial charge on any atom is 0.279 e. The Labute approximate surface area is 130 Å². The van der Waals surface area contributed by atoms with Crippen molar-refractivity contribution in [1.29, 1.82) is 0 Å². The largest absolute Gasteiger partial charge is 0.497 e. The van der Waals surface area contributed by atoms with E-state index in [1.165, 1.54) is 14.1 Å². The van der Waals surface area contributed by atoms with E-state index in [1.54, 1.807) is 31.4 Å². The van der Waals surface area contributed by atoms with Crippen molar-refractivity contribution in [3.05, 3.63) is 24.3 Å². The smallest absolute Gasteiger partial charge is 0.279 e. The molecule has 9 heteroatoms. The number of methoxy groups -OCH3 is 1. The minimum Gasteiger partial charge on any atom is -0.497 e. The van der Waals surface area contributed by atoms with Gasteiger partial charge in [-0.25, -0.2) is 0 Å². The van der Waals surface area contributed by atoms with Crippen LogP contribution in [0, 0.1) is 0 Å². The van der Waals surface area contributed by atoms with Crippen LogP contribution in [0.25, 0.3) is 0 Å². The second-order valence-corrected chi connectivity index (χ2v) is 6.45. The van der Waals surface area contributed by atoms with Gasteiger partial charge in [0.2, 0.25) is 5.91 Å². The fourth-order valence-corrected chi connectivity index (χ4v) is 1.95. The molecule has 0 spiro atoms. The number of ether oxygens (including phenoxy) is 2. The van der Waals surface area contributed by atoms with Gasteiger partial charge in [0.15, 0.2) is 0 Å². The molecule has 0 bridgehead atoms. The fourth-order valence-electron chi connectivity index (χ4n) is 1.38. The molecule has 8 nitrogen and oxygen atoms in total. The van der Waals surface area contributed by atoms with Gasteiger partial charge in [0.1, 0.15) is 18.1 Å². The van der Waals surface area contributed by atoms with Crippen molar-refractivity contribution in [2.24, 2.45) is 0 Å². The van der Waals surface area contributed by atoms with Crippen molar-refractivity contribution in [2.75, 3.05) is 40.9 Å². The maximum atomic E-state index is 11.5. The molecule has 22 heavy (non-hydrogen) atoms. The lowest BCUT2D eigenvalue weighted by Crippen LogP contribution is -2.42. The van der Waals surface area contributed by atoms with Gasteiger partial charge in [-0.1, -0.05) is 0 Å². The maximum absolute atomic E-state index is 11.5. The van der Waals surface area contributed by atoms with E-state index >= 15 is 0 Å². The van der Waals surface area contributed by atoms with Crippen molar-refractivity contribution >= 4 is 16.1 Å². The molecule has 0 fully saturated rings. The average molecular weight is 331 g/mol. The van der Waals surface area contributed by atoms with Crippen LogP contribution in [0.4, 0.5) is 0 Å². The van der Waals surface area contributed by atoms with Crippen LogP contribution in [0.3, 0.4) is 0 Å². The molecule has 1 aromatic rings. The molecular formula is C13H21N3O5S. The molecule has 0 aliphatic heterocycles. The molecule has 0 aliphatic rings. The number of amides is 1. The Morgan fingerprint density at radius 1 is 1.18 bits per heavy atom. The summed E-state index contributed by atoms with van der Waals surface area (Å²) < 4.78 is 36.4. The number of rotatable bonds is 9. The number of nitrogens with zero attached hydrogens (tertiary/aromatic N) is 1. The first-order valence-electron chi connectivity index (χ1n) is 6.56. The van der Waals surface area contributed by atoms with E-state index in [4.69, 9.17) is 9.47 Å². The summed E-state index contributed by atoms with van der Waals surface area (Å²) in [6, 6.07) is 7.05. The summed E-state index contributed by atoms with van der Waals surface area (Å²) in [5, 5.41) is 2.55. The number of nitrogens with one attached hydrogen (secondary N) is 2. The Balaban J connectivity index is 2.22. The summed E-state index contributed by atoms with van der Waals surface area (Å²) in [6.07, 6.45) is 0. The van der Waals surface area contributed by atoms with Crippen LogP contribution in [0.15, 0.2) is 24.3 Å². The number of hydrogen-bond acceptors (Lipinski definition) is 5. The standard InChI is InChI=1S/C13H21N3O5S/c1-16(2)22(18,19)15-10-13(17)14-8-9-21-12-6-4-11(20-3)5-7-12/h4-7,15H,8-10H2,1-3H3,(H,14,17). The van der Waals surface area contributed by atoms with Crippen LogP contribution in [0.5, 0.6) is 11.5 Å². The predicted molar refractivity (Wildman–Crippen MR) is 82.1 cm³/mol. The summed E-state index contributed by atoms with van der Waals surface area (Å²) in [5.74, 6) is 0.959. The van der Waals surface area contributed by atoms with Gasteiger partial charge < -0.3 is 14.8 Å². The number of carbonyl (C=O) groups excluding carboxylic acids is 1. The predicted octanol–water partition coefficient (Wildman–Crippen LogP) is -0.414. The van der Waals surface area contributed by atoms with Crippen molar-refractivity contribution in [3.8, 4) is 11.5 Å². The summed E-state index contributed by atoms with van der Waals surface area (Å²) in [6.45, 7) is 0.232. The monoisotopic (exact) mass is 331 g/mol. The molecule has 0 saturated heterocycles. The molecular weight excluding hydrogens is 310 g/mol. The van der Waals surface area contributed by atoms with Crippen molar-refractivity contribution < 1.29 is 22.7 Å². The van der Waals surface area contributed by atoms with Gasteiger partial charge >= 0.3 is 0 Å². The number of carbonyl (C=O) groups is 1. The molecule has 1 rings (SSSR count). The first-order chi connectivity index (χ1) is 10.3. The van der Waals surface area contributed by atoms with Gasteiger partial charge in [0.25, 0.3) is 10.2 Å². The van der Waals surface area contributed by atoms with E-state index < -0.39 is 16.1 Å². The van der Waals surface area contributed by atoms with Crippen molar-refractivity contribution in [2.45, 2.75) is 0 Å². The molecule has 0 aromatic heterocycles. The zero-order chi connectivity index (χ0) is 16.6. The van der Waals surface area contributed by atoms with E-state index in [0.717, 1.165) is 10.1 Å². The number of benzene rings is 1. The van der Waals surface area contributed by atoms with Gasteiger partial charge in [-0.05, 0) is 24.3 Å². The molecule has 0 unspecified atom stereocenters. The lowest BCUT2D eigenvalue weighted by molar-refractivity contribution is -0.120. The van der Waals surface area contributed by atoms with E-state index in [2.05, 4.69) is 10.0 Å². The molecule has 0 heterocycles. The zero-order valence-electron chi connectivity index (χ0n) is 12.8. The lowest BCUT2D eigenvalue weighted by Gasteiger charge is -2.12. The summed E-state index contributed by atoms with van der Waals surface area (Å²) in [5.41, 5.74) is 0. The molecule has 1 amide bonds. The highest BCUT2D eigenvalue weighted by atomic mass is 32.2. The van der Waals surface area contributed by atoms with Crippen LogP contribution >= 0.6 is 0 Å². The number of hydrogen-bond donors (Lipinski definition) is 2. The highest BCUT2D eigenvalue weighted by Gasteiger charge is 2.14. The molecule has 1 aromatic carbocycles. The second-order valence-electron chi connectivity index (χ2n) is 4.48. The van der Waals surface area contributed by atoms with Crippen LogP contribution in [0.1, 0.15) is 0 Å². The highest BCUT2D eigenvalue weighted by molar-refractivity contribution is 7.87. The van der Waals surface area contributed by atoms with Crippen LogP contribution < -0.4 is 19.5 Å². The summed E-state index contributed by atoms with van der Waals surface area (Å²) >= 11 is 0. The third-order valence-electron chi connectivity index (χ3n) is 2.65. The second kappa shape index (κ2) is 8.57. The lowest BCUT2D eigenvalue weighted by atomic mass is 10.3. The summed E-state index contributed by atoms with van der Waals surface area (Å²) in [7, 11) is 0.741. The Morgan fingerprint density at radius 3 is 2.32 bits per heavy atom. The van der Waals surface area contributed by atoms with Gasteiger partial charge in [-0.2, -0.15) is 17.4 Å². The minimum atomic E-state index is -3.59. The quantitative estimate of drug-likeness (QED) is 0.600.